The number of hydrogen-bond donors (Lipinski definition) is 1. The molecule has 6 nitrogen and oxygen atoms in total. The molecule has 1 aromatic carbocycles. The van der Waals surface area contributed by atoms with Crippen LogP contribution in [0.2, 0.25) is 0 Å². The summed E-state index contributed by atoms with van der Waals surface area (Å²) in [6, 6.07) is 4.90. The van der Waals surface area contributed by atoms with Gasteiger partial charge in [-0.05, 0) is 56.7 Å². The van der Waals surface area contributed by atoms with Crippen LogP contribution >= 0.6 is 0 Å². The molecule has 0 bridgehead atoms. The predicted octanol–water partition coefficient (Wildman–Crippen LogP) is 3.78. The molecular weight excluding hydrogens is 364 g/mol. The largest absolute Gasteiger partial charge is 0.492 e. The first-order valence-electron chi connectivity index (χ1n) is 10.1. The van der Waals surface area contributed by atoms with Crippen LogP contribution in [0.3, 0.4) is 0 Å². The highest BCUT2D eigenvalue weighted by molar-refractivity contribution is 7.89. The number of nitrogens with zero attached hydrogens (tertiary/aromatic N) is 1. The summed E-state index contributed by atoms with van der Waals surface area (Å²) in [5.41, 5.74) is 0.511. The second-order valence-corrected chi connectivity index (χ2v) is 9.37. The van der Waals surface area contributed by atoms with Crippen molar-refractivity contribution in [2.24, 2.45) is 5.92 Å². The molecule has 150 valence electrons. The molecular formula is C20H30N2O4S. The van der Waals surface area contributed by atoms with Gasteiger partial charge in [0.2, 0.25) is 15.9 Å². The molecule has 1 amide bonds. The molecule has 1 heterocycles. The minimum atomic E-state index is -3.64. The van der Waals surface area contributed by atoms with Gasteiger partial charge in [0.1, 0.15) is 10.6 Å². The molecule has 0 aromatic heterocycles. The lowest BCUT2D eigenvalue weighted by Gasteiger charge is -2.27. The van der Waals surface area contributed by atoms with Gasteiger partial charge in [0.15, 0.2) is 0 Å². The number of amides is 1. The van der Waals surface area contributed by atoms with Crippen LogP contribution in [-0.4, -0.2) is 38.3 Å². The molecule has 1 saturated carbocycles. The third kappa shape index (κ3) is 5.02. The summed E-state index contributed by atoms with van der Waals surface area (Å²) >= 11 is 0. The molecule has 1 N–H and O–H groups in total. The quantitative estimate of drug-likeness (QED) is 0.764. The van der Waals surface area contributed by atoms with Crippen molar-refractivity contribution in [2.45, 2.75) is 63.2 Å². The van der Waals surface area contributed by atoms with E-state index in [0.717, 1.165) is 32.1 Å². The molecule has 0 atom stereocenters. The van der Waals surface area contributed by atoms with Crippen molar-refractivity contribution in [3.8, 4) is 5.75 Å². The molecule has 1 aliphatic heterocycles. The third-order valence-electron chi connectivity index (χ3n) is 5.41. The van der Waals surface area contributed by atoms with Gasteiger partial charge in [0, 0.05) is 25.2 Å². The second kappa shape index (κ2) is 9.06. The first-order chi connectivity index (χ1) is 13.0. The van der Waals surface area contributed by atoms with E-state index in [4.69, 9.17) is 4.74 Å². The molecule has 3 rings (SSSR count). The first kappa shape index (κ1) is 20.1. The summed E-state index contributed by atoms with van der Waals surface area (Å²) in [5.74, 6) is 0.744. The highest BCUT2D eigenvalue weighted by Gasteiger charge is 2.29. The summed E-state index contributed by atoms with van der Waals surface area (Å²) in [5, 5.41) is 2.88. The molecule has 1 aromatic rings. The number of hydrogen-bond acceptors (Lipinski definition) is 4. The molecule has 2 fully saturated rings. The van der Waals surface area contributed by atoms with Gasteiger partial charge < -0.3 is 10.1 Å². The smallest absolute Gasteiger partial charge is 0.246 e. The fourth-order valence-electron chi connectivity index (χ4n) is 4.00. The summed E-state index contributed by atoms with van der Waals surface area (Å²) in [6.45, 7) is 3.28. The van der Waals surface area contributed by atoms with Crippen LogP contribution in [0.15, 0.2) is 23.1 Å². The second-order valence-electron chi connectivity index (χ2n) is 7.46. The summed E-state index contributed by atoms with van der Waals surface area (Å²) < 4.78 is 33.4. The Morgan fingerprint density at radius 3 is 2.52 bits per heavy atom. The number of rotatable bonds is 7. The third-order valence-corrected chi connectivity index (χ3v) is 7.33. The fourth-order valence-corrected chi connectivity index (χ4v) is 5.67. The molecule has 2 aliphatic rings. The van der Waals surface area contributed by atoms with E-state index in [0.29, 0.717) is 43.5 Å². The topological polar surface area (TPSA) is 75.7 Å². The first-order valence-corrected chi connectivity index (χ1v) is 11.5. The summed E-state index contributed by atoms with van der Waals surface area (Å²) in [7, 11) is -3.64. The summed E-state index contributed by atoms with van der Waals surface area (Å²) in [6.07, 6.45) is 7.90. The van der Waals surface area contributed by atoms with E-state index in [9.17, 15) is 13.2 Å². The Kier molecular flexibility index (Phi) is 6.76. The number of carbonyl (C=O) groups is 1. The van der Waals surface area contributed by atoms with Crippen LogP contribution in [-0.2, 0) is 14.8 Å². The van der Waals surface area contributed by atoms with Gasteiger partial charge >= 0.3 is 0 Å². The zero-order valence-corrected chi connectivity index (χ0v) is 16.9. The van der Waals surface area contributed by atoms with Crippen molar-refractivity contribution in [3.63, 3.8) is 0 Å². The number of piperidine rings is 1. The van der Waals surface area contributed by atoms with Crippen molar-refractivity contribution in [1.82, 2.24) is 4.31 Å². The zero-order valence-electron chi connectivity index (χ0n) is 16.1. The standard InChI is InChI=1S/C20H30N2O4S/c1-2-26-18-11-10-17(21-20(23)14-16-8-4-5-9-16)15-19(18)27(24,25)22-12-6-3-7-13-22/h10-11,15-16H,2-9,12-14H2,1H3,(H,21,23). The average molecular weight is 395 g/mol. The van der Waals surface area contributed by atoms with Crippen molar-refractivity contribution in [2.75, 3.05) is 25.0 Å². The van der Waals surface area contributed by atoms with Gasteiger partial charge in [0.25, 0.3) is 0 Å². The van der Waals surface area contributed by atoms with Crippen LogP contribution in [0.4, 0.5) is 5.69 Å². The van der Waals surface area contributed by atoms with E-state index in [1.807, 2.05) is 6.92 Å². The maximum absolute atomic E-state index is 13.1. The zero-order chi connectivity index (χ0) is 19.3. The molecule has 0 spiro atoms. The predicted molar refractivity (Wildman–Crippen MR) is 105 cm³/mol. The minimum absolute atomic E-state index is 0.0487. The van der Waals surface area contributed by atoms with Gasteiger partial charge in [-0.1, -0.05) is 19.3 Å². The van der Waals surface area contributed by atoms with Gasteiger partial charge in [-0.3, -0.25) is 4.79 Å². The maximum Gasteiger partial charge on any atom is 0.246 e. The number of sulfonamides is 1. The number of anilines is 1. The molecule has 1 saturated heterocycles. The molecule has 1 aliphatic carbocycles. The van der Waals surface area contributed by atoms with E-state index in [-0.39, 0.29) is 10.8 Å². The van der Waals surface area contributed by atoms with Crippen LogP contribution in [0, 0.1) is 5.92 Å². The summed E-state index contributed by atoms with van der Waals surface area (Å²) in [4.78, 5) is 12.5. The Morgan fingerprint density at radius 1 is 1.15 bits per heavy atom. The van der Waals surface area contributed by atoms with Crippen LogP contribution in [0.5, 0.6) is 5.75 Å². The van der Waals surface area contributed by atoms with E-state index < -0.39 is 10.0 Å². The van der Waals surface area contributed by atoms with Crippen molar-refractivity contribution in [1.29, 1.82) is 0 Å². The van der Waals surface area contributed by atoms with Crippen LogP contribution in [0.1, 0.15) is 58.3 Å². The highest BCUT2D eigenvalue weighted by atomic mass is 32.2. The van der Waals surface area contributed by atoms with E-state index >= 15 is 0 Å². The lowest BCUT2D eigenvalue weighted by atomic mass is 10.0. The van der Waals surface area contributed by atoms with E-state index in [1.165, 1.54) is 17.1 Å². The Balaban J connectivity index is 1.80. The Labute approximate surface area is 162 Å². The number of benzene rings is 1. The number of ether oxygens (including phenoxy) is 1. The van der Waals surface area contributed by atoms with Crippen LogP contribution in [0.25, 0.3) is 0 Å². The molecule has 27 heavy (non-hydrogen) atoms. The maximum atomic E-state index is 13.1. The highest BCUT2D eigenvalue weighted by Crippen LogP contribution is 2.32. The Bertz CT molecular complexity index is 751. The molecule has 7 heteroatoms. The number of carbonyl (C=O) groups excluding carboxylic acids is 1. The van der Waals surface area contributed by atoms with Crippen molar-refractivity contribution < 1.29 is 17.9 Å². The normalized spacial score (nSPS) is 19.1. The van der Waals surface area contributed by atoms with Crippen molar-refractivity contribution >= 4 is 21.6 Å². The monoisotopic (exact) mass is 394 g/mol. The number of nitrogens with one attached hydrogen (secondary N) is 1. The van der Waals surface area contributed by atoms with Gasteiger partial charge in [0.05, 0.1) is 6.61 Å². The SMILES string of the molecule is CCOc1ccc(NC(=O)CC2CCCC2)cc1S(=O)(=O)N1CCCCC1. The van der Waals surface area contributed by atoms with E-state index in [1.54, 1.807) is 18.2 Å². The minimum Gasteiger partial charge on any atom is -0.492 e. The van der Waals surface area contributed by atoms with E-state index in [2.05, 4.69) is 5.32 Å². The molecule has 0 unspecified atom stereocenters. The van der Waals surface area contributed by atoms with Gasteiger partial charge in [-0.15, -0.1) is 0 Å². The van der Waals surface area contributed by atoms with Crippen LogP contribution < -0.4 is 10.1 Å². The lowest BCUT2D eigenvalue weighted by molar-refractivity contribution is -0.117. The Morgan fingerprint density at radius 2 is 1.85 bits per heavy atom. The van der Waals surface area contributed by atoms with Crippen molar-refractivity contribution in [3.05, 3.63) is 18.2 Å². The lowest BCUT2D eigenvalue weighted by Crippen LogP contribution is -2.35. The van der Waals surface area contributed by atoms with Gasteiger partial charge in [-0.25, -0.2) is 8.42 Å². The Hall–Kier alpha value is -1.60. The fraction of sp³-hybridized carbons (Fsp3) is 0.650. The van der Waals surface area contributed by atoms with Gasteiger partial charge in [-0.2, -0.15) is 4.31 Å². The molecule has 0 radical (unpaired) electrons. The average Bonchev–Trinajstić information content (AvgIpc) is 3.16.